The second kappa shape index (κ2) is 13.0. The fourth-order valence-corrected chi connectivity index (χ4v) is 2.35. The highest BCUT2D eigenvalue weighted by atomic mass is 31.2. The largest absolute Gasteiger partial charge is 0.465 e. The van der Waals surface area contributed by atoms with E-state index in [4.69, 9.17) is 14.8 Å². The maximum absolute atomic E-state index is 11.2. The van der Waals surface area contributed by atoms with E-state index in [1.165, 1.54) is 26.4 Å². The van der Waals surface area contributed by atoms with E-state index in [1.807, 2.05) is 13.8 Å². The standard InChI is InChI=1S/C10H10O4.C5H14NO2P/c1-13-9(11)7-5-3-4-6-8(7)10(12)14-2;1-3-7-9(5-6)8-4-2/h3-6H,1-2H3;3-6H2,1-2H3. The van der Waals surface area contributed by atoms with Gasteiger partial charge in [0.1, 0.15) is 0 Å². The van der Waals surface area contributed by atoms with Crippen molar-refractivity contribution in [3.8, 4) is 0 Å². The van der Waals surface area contributed by atoms with E-state index in [0.717, 1.165) is 0 Å². The van der Waals surface area contributed by atoms with Crippen molar-refractivity contribution in [1.82, 2.24) is 0 Å². The number of benzene rings is 1. The summed E-state index contributed by atoms with van der Waals surface area (Å²) in [6.45, 7) is 5.24. The molecule has 0 amide bonds. The van der Waals surface area contributed by atoms with Crippen LogP contribution < -0.4 is 5.73 Å². The van der Waals surface area contributed by atoms with Crippen LogP contribution in [0.25, 0.3) is 0 Å². The quantitative estimate of drug-likeness (QED) is 0.599. The van der Waals surface area contributed by atoms with Crippen molar-refractivity contribution >= 4 is 20.3 Å². The number of carbonyl (C=O) groups excluding carboxylic acids is 2. The zero-order valence-corrected chi connectivity index (χ0v) is 14.8. The second-order valence-electron chi connectivity index (χ2n) is 3.88. The van der Waals surface area contributed by atoms with Gasteiger partial charge in [0.25, 0.3) is 0 Å². The maximum atomic E-state index is 11.2. The smallest absolute Gasteiger partial charge is 0.338 e. The minimum absolute atomic E-state index is 0.210. The number of esters is 2. The first-order chi connectivity index (χ1) is 11.0. The third kappa shape index (κ3) is 8.04. The number of nitrogens with two attached hydrogens (primary N) is 1. The van der Waals surface area contributed by atoms with Gasteiger partial charge in [-0.25, -0.2) is 9.59 Å². The molecule has 0 aliphatic carbocycles. The Kier molecular flexibility index (Phi) is 12.1. The molecule has 7 nitrogen and oxygen atoms in total. The molecule has 0 saturated heterocycles. The molecule has 1 aromatic carbocycles. The van der Waals surface area contributed by atoms with Crippen LogP contribution >= 0.6 is 8.38 Å². The van der Waals surface area contributed by atoms with E-state index < -0.39 is 20.3 Å². The molecule has 0 saturated carbocycles. The maximum Gasteiger partial charge on any atom is 0.338 e. The summed E-state index contributed by atoms with van der Waals surface area (Å²) in [5.41, 5.74) is 5.74. The molecule has 0 unspecified atom stereocenters. The van der Waals surface area contributed by atoms with Crippen molar-refractivity contribution in [3.63, 3.8) is 0 Å². The van der Waals surface area contributed by atoms with Gasteiger partial charge in [-0.3, -0.25) is 0 Å². The van der Waals surface area contributed by atoms with Crippen LogP contribution in [0, 0.1) is 0 Å². The molecule has 0 aromatic heterocycles. The molecule has 130 valence electrons. The third-order valence-corrected chi connectivity index (χ3v) is 3.82. The lowest BCUT2D eigenvalue weighted by Crippen LogP contribution is -2.11. The van der Waals surface area contributed by atoms with Crippen molar-refractivity contribution in [1.29, 1.82) is 0 Å². The molecule has 0 atom stereocenters. The van der Waals surface area contributed by atoms with Gasteiger partial charge in [0.2, 0.25) is 0 Å². The summed E-state index contributed by atoms with van der Waals surface area (Å²) in [5, 5.41) is 0. The van der Waals surface area contributed by atoms with Crippen LogP contribution in [0.2, 0.25) is 0 Å². The Morgan fingerprint density at radius 3 is 1.61 bits per heavy atom. The predicted molar refractivity (Wildman–Crippen MR) is 88.3 cm³/mol. The number of rotatable bonds is 7. The minimum Gasteiger partial charge on any atom is -0.465 e. The van der Waals surface area contributed by atoms with Gasteiger partial charge in [0.15, 0.2) is 8.38 Å². The Morgan fingerprint density at radius 1 is 0.957 bits per heavy atom. The molecule has 1 aromatic rings. The number of hydrogen-bond donors (Lipinski definition) is 1. The molecular formula is C15H24NO6P. The van der Waals surface area contributed by atoms with Gasteiger partial charge in [-0.1, -0.05) is 12.1 Å². The van der Waals surface area contributed by atoms with Crippen LogP contribution in [0.4, 0.5) is 0 Å². The van der Waals surface area contributed by atoms with Crippen molar-refractivity contribution in [2.45, 2.75) is 13.8 Å². The number of ether oxygens (including phenoxy) is 2. The van der Waals surface area contributed by atoms with Gasteiger partial charge in [-0.15, -0.1) is 0 Å². The van der Waals surface area contributed by atoms with E-state index in [1.54, 1.807) is 12.1 Å². The fourth-order valence-electron chi connectivity index (χ4n) is 1.49. The predicted octanol–water partition coefficient (Wildman–Crippen LogP) is 2.55. The molecule has 0 radical (unpaired) electrons. The van der Waals surface area contributed by atoms with Gasteiger partial charge < -0.3 is 24.3 Å². The van der Waals surface area contributed by atoms with Gasteiger partial charge in [0, 0.05) is 0 Å². The van der Waals surface area contributed by atoms with E-state index in [-0.39, 0.29) is 11.1 Å². The van der Waals surface area contributed by atoms with Crippen LogP contribution in [0.5, 0.6) is 0 Å². The lowest BCUT2D eigenvalue weighted by Gasteiger charge is -2.11. The Labute approximate surface area is 138 Å². The highest BCUT2D eigenvalue weighted by Crippen LogP contribution is 2.34. The summed E-state index contributed by atoms with van der Waals surface area (Å²) in [6.07, 6.45) is 0.497. The van der Waals surface area contributed by atoms with Crippen LogP contribution in [-0.2, 0) is 18.5 Å². The van der Waals surface area contributed by atoms with Crippen molar-refractivity contribution in [2.75, 3.05) is 33.7 Å². The Hall–Kier alpha value is -1.53. The highest BCUT2D eigenvalue weighted by Gasteiger charge is 2.16. The normalized spacial score (nSPS) is 9.83. The van der Waals surface area contributed by atoms with E-state index in [0.29, 0.717) is 19.5 Å². The SMILES string of the molecule is CCOP(CN)OCC.COC(=O)c1ccccc1C(=O)OC. The molecule has 0 fully saturated rings. The molecule has 0 aliphatic rings. The summed E-state index contributed by atoms with van der Waals surface area (Å²) < 4.78 is 19.3. The van der Waals surface area contributed by atoms with Crippen LogP contribution in [-0.4, -0.2) is 45.7 Å². The van der Waals surface area contributed by atoms with Crippen LogP contribution in [0.3, 0.4) is 0 Å². The van der Waals surface area contributed by atoms with Crippen LogP contribution in [0.15, 0.2) is 24.3 Å². The van der Waals surface area contributed by atoms with E-state index in [2.05, 4.69) is 9.47 Å². The Bertz CT molecular complexity index is 442. The highest BCUT2D eigenvalue weighted by molar-refractivity contribution is 7.47. The fraction of sp³-hybridized carbons (Fsp3) is 0.467. The van der Waals surface area contributed by atoms with Crippen molar-refractivity contribution < 1.29 is 28.1 Å². The first-order valence-corrected chi connectivity index (χ1v) is 8.40. The number of methoxy groups -OCH3 is 2. The molecule has 1 rings (SSSR count). The first-order valence-electron chi connectivity index (χ1n) is 7.04. The van der Waals surface area contributed by atoms with E-state index in [9.17, 15) is 9.59 Å². The lowest BCUT2D eigenvalue weighted by molar-refractivity contribution is 0.0555. The van der Waals surface area contributed by atoms with E-state index >= 15 is 0 Å². The topological polar surface area (TPSA) is 97.1 Å². The second-order valence-corrected chi connectivity index (χ2v) is 5.43. The zero-order chi connectivity index (χ0) is 17.7. The van der Waals surface area contributed by atoms with Crippen molar-refractivity contribution in [2.24, 2.45) is 5.73 Å². The molecule has 0 heterocycles. The first kappa shape index (κ1) is 21.5. The average molecular weight is 345 g/mol. The van der Waals surface area contributed by atoms with Gasteiger partial charge in [-0.2, -0.15) is 0 Å². The lowest BCUT2D eigenvalue weighted by atomic mass is 10.1. The third-order valence-electron chi connectivity index (χ3n) is 2.43. The summed E-state index contributed by atoms with van der Waals surface area (Å²) in [6, 6.07) is 6.33. The van der Waals surface area contributed by atoms with Gasteiger partial charge >= 0.3 is 11.9 Å². The Balaban J connectivity index is 0.000000468. The molecule has 8 heteroatoms. The zero-order valence-electron chi connectivity index (χ0n) is 13.9. The molecular weight excluding hydrogens is 321 g/mol. The summed E-state index contributed by atoms with van der Waals surface area (Å²) in [7, 11) is 1.74. The molecule has 0 spiro atoms. The Morgan fingerprint density at radius 2 is 1.35 bits per heavy atom. The number of carbonyl (C=O) groups is 2. The average Bonchev–Trinajstić information content (AvgIpc) is 2.60. The summed E-state index contributed by atoms with van der Waals surface area (Å²) >= 11 is 0. The van der Waals surface area contributed by atoms with Crippen LogP contribution in [0.1, 0.15) is 34.6 Å². The minimum atomic E-state index is -0.781. The summed E-state index contributed by atoms with van der Waals surface area (Å²) in [4.78, 5) is 22.4. The molecule has 0 aliphatic heterocycles. The van der Waals surface area contributed by atoms with Crippen molar-refractivity contribution in [3.05, 3.63) is 35.4 Å². The number of hydrogen-bond acceptors (Lipinski definition) is 7. The van der Waals surface area contributed by atoms with Gasteiger partial charge in [-0.05, 0) is 26.0 Å². The molecule has 2 N–H and O–H groups in total. The molecule has 23 heavy (non-hydrogen) atoms. The molecule has 0 bridgehead atoms. The monoisotopic (exact) mass is 345 g/mol. The van der Waals surface area contributed by atoms with Gasteiger partial charge in [0.05, 0.1) is 44.8 Å². The summed E-state index contributed by atoms with van der Waals surface area (Å²) in [5.74, 6) is -1.10.